The average Bonchev–Trinajstić information content (AvgIpc) is 2.49. The van der Waals surface area contributed by atoms with E-state index in [0.29, 0.717) is 11.6 Å². The van der Waals surface area contributed by atoms with Crippen molar-refractivity contribution in [2.24, 2.45) is 0 Å². The summed E-state index contributed by atoms with van der Waals surface area (Å²) in [6, 6.07) is 12.3. The Balaban J connectivity index is 2.14. The minimum Gasteiger partial charge on any atom is -0.496 e. The molecule has 0 spiro atoms. The molecule has 2 aromatic rings. The largest absolute Gasteiger partial charge is 0.496 e. The van der Waals surface area contributed by atoms with E-state index in [2.05, 4.69) is 12.2 Å². The fourth-order valence-corrected chi connectivity index (χ4v) is 2.58. The van der Waals surface area contributed by atoms with Gasteiger partial charge in [0, 0.05) is 23.2 Å². The molecule has 0 bridgehead atoms. The van der Waals surface area contributed by atoms with E-state index in [-0.39, 0.29) is 11.9 Å². The van der Waals surface area contributed by atoms with Crippen molar-refractivity contribution in [1.29, 1.82) is 0 Å². The highest BCUT2D eigenvalue weighted by atomic mass is 35.5. The first-order valence-corrected chi connectivity index (χ1v) is 7.33. The summed E-state index contributed by atoms with van der Waals surface area (Å²) >= 11 is 6.23. The lowest BCUT2D eigenvalue weighted by Crippen LogP contribution is -2.21. The van der Waals surface area contributed by atoms with Gasteiger partial charge in [-0.25, -0.2) is 4.39 Å². The Kier molecular flexibility index (Phi) is 5.59. The predicted octanol–water partition coefficient (Wildman–Crippen LogP) is 4.73. The number of halogens is 2. The summed E-state index contributed by atoms with van der Waals surface area (Å²) < 4.78 is 18.7. The molecule has 2 nitrogen and oxygen atoms in total. The topological polar surface area (TPSA) is 21.3 Å². The second kappa shape index (κ2) is 7.43. The van der Waals surface area contributed by atoms with E-state index in [9.17, 15) is 4.39 Å². The van der Waals surface area contributed by atoms with Crippen LogP contribution in [-0.2, 0) is 6.54 Å². The molecule has 1 atom stereocenters. The van der Waals surface area contributed by atoms with Crippen molar-refractivity contribution >= 4 is 11.6 Å². The van der Waals surface area contributed by atoms with Crippen molar-refractivity contribution in [2.75, 3.05) is 7.11 Å². The molecule has 0 saturated heterocycles. The van der Waals surface area contributed by atoms with Crippen LogP contribution in [0.4, 0.5) is 4.39 Å². The van der Waals surface area contributed by atoms with Gasteiger partial charge in [0.2, 0.25) is 0 Å². The van der Waals surface area contributed by atoms with Crippen molar-refractivity contribution in [3.63, 3.8) is 0 Å². The number of methoxy groups -OCH3 is 1. The van der Waals surface area contributed by atoms with Crippen LogP contribution >= 0.6 is 11.6 Å². The van der Waals surface area contributed by atoms with E-state index in [0.717, 1.165) is 23.3 Å². The lowest BCUT2D eigenvalue weighted by atomic mass is 10.0. The van der Waals surface area contributed by atoms with Gasteiger partial charge >= 0.3 is 0 Å². The van der Waals surface area contributed by atoms with E-state index in [4.69, 9.17) is 16.3 Å². The van der Waals surface area contributed by atoms with Crippen LogP contribution in [0.3, 0.4) is 0 Å². The van der Waals surface area contributed by atoms with Gasteiger partial charge in [-0.15, -0.1) is 0 Å². The highest BCUT2D eigenvalue weighted by Crippen LogP contribution is 2.27. The predicted molar refractivity (Wildman–Crippen MR) is 84.3 cm³/mol. The lowest BCUT2D eigenvalue weighted by molar-refractivity contribution is 0.404. The maximum absolute atomic E-state index is 13.3. The van der Waals surface area contributed by atoms with Crippen LogP contribution in [0.1, 0.15) is 30.5 Å². The summed E-state index contributed by atoms with van der Waals surface area (Å²) in [5, 5.41) is 4.08. The maximum atomic E-state index is 13.3. The summed E-state index contributed by atoms with van der Waals surface area (Å²) in [5.41, 5.74) is 1.85. The van der Waals surface area contributed by atoms with Crippen molar-refractivity contribution in [3.8, 4) is 5.75 Å². The Morgan fingerprint density at radius 2 is 2.00 bits per heavy atom. The van der Waals surface area contributed by atoms with E-state index in [1.165, 1.54) is 6.07 Å². The first-order valence-electron chi connectivity index (χ1n) is 6.96. The fourth-order valence-electron chi connectivity index (χ4n) is 2.35. The third-order valence-electron chi connectivity index (χ3n) is 3.48. The van der Waals surface area contributed by atoms with Crippen LogP contribution in [-0.4, -0.2) is 7.11 Å². The number of hydrogen-bond donors (Lipinski definition) is 1. The van der Waals surface area contributed by atoms with Gasteiger partial charge in [-0.05, 0) is 36.2 Å². The van der Waals surface area contributed by atoms with Crippen LogP contribution in [0.25, 0.3) is 0 Å². The molecule has 0 heterocycles. The second-order valence-electron chi connectivity index (χ2n) is 4.82. The molecule has 1 N–H and O–H groups in total. The molecule has 0 radical (unpaired) electrons. The van der Waals surface area contributed by atoms with Gasteiger partial charge in [0.25, 0.3) is 0 Å². The zero-order valence-corrected chi connectivity index (χ0v) is 13.0. The number of benzene rings is 2. The van der Waals surface area contributed by atoms with Crippen molar-refractivity contribution in [2.45, 2.75) is 25.9 Å². The Morgan fingerprint density at radius 1 is 1.24 bits per heavy atom. The van der Waals surface area contributed by atoms with E-state index in [1.807, 2.05) is 24.3 Å². The molecule has 2 rings (SSSR count). The van der Waals surface area contributed by atoms with E-state index >= 15 is 0 Å². The lowest BCUT2D eigenvalue weighted by Gasteiger charge is -2.19. The van der Waals surface area contributed by atoms with E-state index < -0.39 is 0 Å². The van der Waals surface area contributed by atoms with Crippen LogP contribution in [0.2, 0.25) is 5.02 Å². The molecule has 0 aromatic heterocycles. The first kappa shape index (κ1) is 15.8. The van der Waals surface area contributed by atoms with Crippen molar-refractivity contribution in [3.05, 3.63) is 64.4 Å². The number of rotatable bonds is 6. The third-order valence-corrected chi connectivity index (χ3v) is 3.83. The molecule has 1 unspecified atom stereocenters. The minimum atomic E-state index is -0.219. The Bertz CT molecular complexity index is 603. The van der Waals surface area contributed by atoms with Gasteiger partial charge < -0.3 is 10.1 Å². The summed E-state index contributed by atoms with van der Waals surface area (Å²) in [6.07, 6.45) is 0.857. The Morgan fingerprint density at radius 3 is 2.67 bits per heavy atom. The van der Waals surface area contributed by atoms with Crippen LogP contribution in [0.15, 0.2) is 42.5 Å². The third kappa shape index (κ3) is 3.96. The number of ether oxygens (including phenoxy) is 1. The average molecular weight is 308 g/mol. The normalized spacial score (nSPS) is 12.2. The van der Waals surface area contributed by atoms with Gasteiger partial charge in [-0.3, -0.25) is 0 Å². The molecule has 0 fully saturated rings. The first-order chi connectivity index (χ1) is 10.2. The molecule has 0 aliphatic rings. The van der Waals surface area contributed by atoms with Crippen LogP contribution < -0.4 is 10.1 Å². The van der Waals surface area contributed by atoms with Gasteiger partial charge in [0.1, 0.15) is 11.6 Å². The quantitative estimate of drug-likeness (QED) is 0.833. The van der Waals surface area contributed by atoms with Crippen molar-refractivity contribution < 1.29 is 9.13 Å². The molecule has 0 saturated carbocycles. The second-order valence-corrected chi connectivity index (χ2v) is 5.22. The van der Waals surface area contributed by atoms with Gasteiger partial charge in [-0.1, -0.05) is 36.7 Å². The molecular weight excluding hydrogens is 289 g/mol. The SMILES string of the molecule is CCC(NCc1c(Cl)cccc1OC)c1cccc(F)c1. The van der Waals surface area contributed by atoms with Crippen LogP contribution in [0, 0.1) is 5.82 Å². The molecule has 0 amide bonds. The zero-order valence-electron chi connectivity index (χ0n) is 12.2. The molecule has 2 aromatic carbocycles. The molecule has 0 aliphatic carbocycles. The standard InChI is InChI=1S/C17H19ClFNO/c1-3-16(12-6-4-7-13(19)10-12)20-11-14-15(18)8-5-9-17(14)21-2/h4-10,16,20H,3,11H2,1-2H3. The summed E-state index contributed by atoms with van der Waals surface area (Å²) in [7, 11) is 1.62. The molecule has 0 aliphatic heterocycles. The molecule has 21 heavy (non-hydrogen) atoms. The van der Waals surface area contributed by atoms with Gasteiger partial charge in [0.15, 0.2) is 0 Å². The summed E-state index contributed by atoms with van der Waals surface area (Å²) in [5.74, 6) is 0.534. The fraction of sp³-hybridized carbons (Fsp3) is 0.294. The molecule has 4 heteroatoms. The van der Waals surface area contributed by atoms with E-state index in [1.54, 1.807) is 19.2 Å². The van der Waals surface area contributed by atoms with Gasteiger partial charge in [0.05, 0.1) is 7.11 Å². The smallest absolute Gasteiger partial charge is 0.124 e. The zero-order chi connectivity index (χ0) is 15.2. The summed E-state index contributed by atoms with van der Waals surface area (Å²) in [4.78, 5) is 0. The monoisotopic (exact) mass is 307 g/mol. The summed E-state index contributed by atoms with van der Waals surface area (Å²) in [6.45, 7) is 2.63. The Hall–Kier alpha value is -1.58. The molecular formula is C17H19ClFNO. The van der Waals surface area contributed by atoms with Crippen molar-refractivity contribution in [1.82, 2.24) is 5.32 Å². The number of nitrogens with one attached hydrogen (secondary N) is 1. The highest BCUT2D eigenvalue weighted by Gasteiger charge is 2.13. The Labute approximate surface area is 129 Å². The highest BCUT2D eigenvalue weighted by molar-refractivity contribution is 6.31. The minimum absolute atomic E-state index is 0.0710. The van der Waals surface area contributed by atoms with Crippen LogP contribution in [0.5, 0.6) is 5.75 Å². The van der Waals surface area contributed by atoms with Gasteiger partial charge in [-0.2, -0.15) is 0 Å². The maximum Gasteiger partial charge on any atom is 0.124 e. The number of hydrogen-bond acceptors (Lipinski definition) is 2. The molecule has 112 valence electrons.